The van der Waals surface area contributed by atoms with Crippen LogP contribution in [0.2, 0.25) is 0 Å². The van der Waals surface area contributed by atoms with Crippen LogP contribution in [0.5, 0.6) is 0 Å². The second-order valence-electron chi connectivity index (χ2n) is 6.57. The minimum Gasteiger partial charge on any atom is -0.357 e. The van der Waals surface area contributed by atoms with E-state index in [1.807, 2.05) is 19.2 Å². The summed E-state index contributed by atoms with van der Waals surface area (Å²) in [5, 5.41) is 3.35. The molecule has 0 radical (unpaired) electrons. The molecule has 142 valence electrons. The van der Waals surface area contributed by atoms with Crippen LogP contribution in [0.3, 0.4) is 0 Å². The second-order valence-corrected chi connectivity index (χ2v) is 6.57. The summed E-state index contributed by atoms with van der Waals surface area (Å²) in [6, 6.07) is 7.08. The Morgan fingerprint density at radius 3 is 2.60 bits per heavy atom. The molecule has 2 rings (SSSR count). The van der Waals surface area contributed by atoms with Crippen LogP contribution in [0.1, 0.15) is 12.5 Å². The lowest BCUT2D eigenvalue weighted by Crippen LogP contribution is -2.51. The van der Waals surface area contributed by atoms with Crippen molar-refractivity contribution in [2.24, 2.45) is 4.99 Å². The van der Waals surface area contributed by atoms with E-state index in [9.17, 15) is 4.39 Å². The molecule has 1 heterocycles. The Morgan fingerprint density at radius 2 is 1.96 bits per heavy atom. The molecule has 1 aliphatic rings. The molecule has 0 saturated carbocycles. The van der Waals surface area contributed by atoms with E-state index >= 15 is 0 Å². The van der Waals surface area contributed by atoms with Crippen molar-refractivity contribution in [3.05, 3.63) is 35.6 Å². The molecule has 0 spiro atoms. The number of guanidine groups is 1. The molecule has 0 aromatic heterocycles. The first-order chi connectivity index (χ1) is 11.5. The smallest absolute Gasteiger partial charge is 0.194 e. The number of nitrogens with one attached hydrogen (secondary N) is 1. The number of hydrogen-bond acceptors (Lipinski definition) is 3. The second kappa shape index (κ2) is 10.9. The highest BCUT2D eigenvalue weighted by Gasteiger charge is 2.22. The standard InChI is InChI=1S/C18H30FN5.HI/c1-5-20-18(21-12-17-14-22(2)10-11-23(17)3)24(4)13-15-6-8-16(19)9-7-15;/h6-9,17H,5,10-14H2,1-4H3,(H,20,21);1H. The molecular formula is C18H31FIN5. The van der Waals surface area contributed by atoms with Gasteiger partial charge in [-0.1, -0.05) is 12.1 Å². The highest BCUT2D eigenvalue weighted by molar-refractivity contribution is 14.0. The van der Waals surface area contributed by atoms with E-state index in [2.05, 4.69) is 41.0 Å². The molecule has 0 amide bonds. The summed E-state index contributed by atoms with van der Waals surface area (Å²) in [7, 11) is 6.35. The van der Waals surface area contributed by atoms with E-state index in [0.717, 1.165) is 44.2 Å². The lowest BCUT2D eigenvalue weighted by Gasteiger charge is -2.37. The zero-order valence-corrected chi connectivity index (χ0v) is 18.0. The van der Waals surface area contributed by atoms with Gasteiger partial charge in [-0.15, -0.1) is 24.0 Å². The number of aliphatic imine (C=N–C) groups is 1. The van der Waals surface area contributed by atoms with Gasteiger partial charge in [0.05, 0.1) is 6.54 Å². The van der Waals surface area contributed by atoms with Gasteiger partial charge in [-0.05, 0) is 38.7 Å². The fraction of sp³-hybridized carbons (Fsp3) is 0.611. The van der Waals surface area contributed by atoms with Crippen LogP contribution in [0.15, 0.2) is 29.3 Å². The fourth-order valence-corrected chi connectivity index (χ4v) is 2.90. The predicted octanol–water partition coefficient (Wildman–Crippen LogP) is 2.09. The highest BCUT2D eigenvalue weighted by Crippen LogP contribution is 2.08. The Bertz CT molecular complexity index is 537. The number of rotatable bonds is 5. The Morgan fingerprint density at radius 1 is 1.28 bits per heavy atom. The summed E-state index contributed by atoms with van der Waals surface area (Å²) >= 11 is 0. The topological polar surface area (TPSA) is 34.1 Å². The molecule has 1 atom stereocenters. The van der Waals surface area contributed by atoms with Crippen molar-refractivity contribution < 1.29 is 4.39 Å². The maximum absolute atomic E-state index is 13.0. The third kappa shape index (κ3) is 7.07. The summed E-state index contributed by atoms with van der Waals surface area (Å²) in [5.41, 5.74) is 1.07. The Hall–Kier alpha value is -0.930. The average Bonchev–Trinajstić information content (AvgIpc) is 2.56. The molecular weight excluding hydrogens is 432 g/mol. The molecule has 1 saturated heterocycles. The minimum absolute atomic E-state index is 0. The fourth-order valence-electron chi connectivity index (χ4n) is 2.90. The molecule has 7 heteroatoms. The molecule has 0 aliphatic carbocycles. The average molecular weight is 463 g/mol. The van der Waals surface area contributed by atoms with Crippen LogP contribution < -0.4 is 5.32 Å². The van der Waals surface area contributed by atoms with Gasteiger partial charge in [-0.2, -0.15) is 0 Å². The van der Waals surface area contributed by atoms with Gasteiger partial charge in [0.1, 0.15) is 5.82 Å². The molecule has 0 bridgehead atoms. The third-order valence-electron chi connectivity index (χ3n) is 4.46. The van der Waals surface area contributed by atoms with E-state index in [0.29, 0.717) is 12.6 Å². The van der Waals surface area contributed by atoms with Gasteiger partial charge in [0, 0.05) is 45.8 Å². The lowest BCUT2D eigenvalue weighted by atomic mass is 10.2. The number of halogens is 2. The molecule has 1 aromatic carbocycles. The van der Waals surface area contributed by atoms with E-state index in [-0.39, 0.29) is 29.8 Å². The van der Waals surface area contributed by atoms with E-state index in [1.54, 1.807) is 0 Å². The molecule has 1 fully saturated rings. The van der Waals surface area contributed by atoms with Crippen LogP contribution >= 0.6 is 24.0 Å². The van der Waals surface area contributed by atoms with Gasteiger partial charge in [0.25, 0.3) is 0 Å². The quantitative estimate of drug-likeness (QED) is 0.412. The van der Waals surface area contributed by atoms with Gasteiger partial charge in [-0.3, -0.25) is 9.89 Å². The van der Waals surface area contributed by atoms with Crippen molar-refractivity contribution >= 4 is 29.9 Å². The minimum atomic E-state index is -0.202. The van der Waals surface area contributed by atoms with Crippen molar-refractivity contribution in [3.63, 3.8) is 0 Å². The van der Waals surface area contributed by atoms with Gasteiger partial charge in [-0.25, -0.2) is 4.39 Å². The highest BCUT2D eigenvalue weighted by atomic mass is 127. The monoisotopic (exact) mass is 463 g/mol. The molecule has 1 aliphatic heterocycles. The Labute approximate surface area is 168 Å². The van der Waals surface area contributed by atoms with E-state index in [4.69, 9.17) is 4.99 Å². The largest absolute Gasteiger partial charge is 0.357 e. The summed E-state index contributed by atoms with van der Waals surface area (Å²) in [5.74, 6) is 0.690. The van der Waals surface area contributed by atoms with Gasteiger partial charge in [0.15, 0.2) is 5.96 Å². The lowest BCUT2D eigenvalue weighted by molar-refractivity contribution is 0.119. The van der Waals surface area contributed by atoms with Crippen LogP contribution in [0.25, 0.3) is 0 Å². The molecule has 1 aromatic rings. The van der Waals surface area contributed by atoms with Crippen molar-refractivity contribution in [2.45, 2.75) is 19.5 Å². The maximum Gasteiger partial charge on any atom is 0.194 e. The van der Waals surface area contributed by atoms with Gasteiger partial charge < -0.3 is 15.1 Å². The first-order valence-electron chi connectivity index (χ1n) is 8.62. The van der Waals surface area contributed by atoms with Crippen molar-refractivity contribution in [1.82, 2.24) is 20.0 Å². The Kier molecular flexibility index (Phi) is 9.66. The summed E-state index contributed by atoms with van der Waals surface area (Å²) < 4.78 is 13.0. The summed E-state index contributed by atoms with van der Waals surface area (Å²) in [6.07, 6.45) is 0. The van der Waals surface area contributed by atoms with Crippen molar-refractivity contribution in [1.29, 1.82) is 0 Å². The number of likely N-dealkylation sites (N-methyl/N-ethyl adjacent to an activating group) is 2. The zero-order valence-electron chi connectivity index (χ0n) is 15.7. The molecule has 1 N–H and O–H groups in total. The summed E-state index contributed by atoms with van der Waals surface area (Å²) in [6.45, 7) is 7.61. The summed E-state index contributed by atoms with van der Waals surface area (Å²) in [4.78, 5) is 11.6. The first kappa shape index (κ1) is 22.1. The van der Waals surface area contributed by atoms with E-state index in [1.165, 1.54) is 12.1 Å². The third-order valence-corrected chi connectivity index (χ3v) is 4.46. The Balaban J connectivity index is 0.00000312. The molecule has 1 unspecified atom stereocenters. The van der Waals surface area contributed by atoms with Crippen LogP contribution in [-0.2, 0) is 6.54 Å². The number of piperazine rings is 1. The van der Waals surface area contributed by atoms with Crippen LogP contribution in [0, 0.1) is 5.82 Å². The normalized spacial score (nSPS) is 19.4. The number of hydrogen-bond donors (Lipinski definition) is 1. The van der Waals surface area contributed by atoms with Crippen LogP contribution in [0.4, 0.5) is 4.39 Å². The number of nitrogens with zero attached hydrogens (tertiary/aromatic N) is 4. The van der Waals surface area contributed by atoms with Crippen LogP contribution in [-0.4, -0.2) is 80.6 Å². The van der Waals surface area contributed by atoms with Crippen molar-refractivity contribution in [2.75, 3.05) is 53.9 Å². The van der Waals surface area contributed by atoms with Gasteiger partial charge in [0.2, 0.25) is 0 Å². The molecule has 5 nitrogen and oxygen atoms in total. The van der Waals surface area contributed by atoms with Crippen molar-refractivity contribution in [3.8, 4) is 0 Å². The predicted molar refractivity (Wildman–Crippen MR) is 113 cm³/mol. The zero-order chi connectivity index (χ0) is 17.5. The first-order valence-corrected chi connectivity index (χ1v) is 8.62. The SMILES string of the molecule is CCNC(=NCC1CN(C)CCN1C)N(C)Cc1ccc(F)cc1.I. The number of benzene rings is 1. The maximum atomic E-state index is 13.0. The molecule has 25 heavy (non-hydrogen) atoms. The van der Waals surface area contributed by atoms with E-state index < -0.39 is 0 Å². The van der Waals surface area contributed by atoms with Gasteiger partial charge >= 0.3 is 0 Å².